The summed E-state index contributed by atoms with van der Waals surface area (Å²) in [6.45, 7) is 11.5. The van der Waals surface area contributed by atoms with Crippen LogP contribution in [0.25, 0.3) is 0 Å². The molecule has 2 aliphatic rings. The summed E-state index contributed by atoms with van der Waals surface area (Å²) in [5.74, 6) is 0.631. The van der Waals surface area contributed by atoms with Crippen molar-refractivity contribution >= 4 is 14.3 Å². The summed E-state index contributed by atoms with van der Waals surface area (Å²) >= 11 is 0. The molecule has 0 bridgehead atoms. The summed E-state index contributed by atoms with van der Waals surface area (Å²) in [5, 5.41) is 0. The van der Waals surface area contributed by atoms with Crippen LogP contribution in [-0.2, 0) is 14.0 Å². The Morgan fingerprint density at radius 1 is 1.21 bits per heavy atom. The van der Waals surface area contributed by atoms with E-state index >= 15 is 0 Å². The Morgan fingerprint density at radius 2 is 1.85 bits per heavy atom. The van der Waals surface area contributed by atoms with Crippen molar-refractivity contribution in [2.45, 2.75) is 110 Å². The zero-order valence-corrected chi connectivity index (χ0v) is 22.1. The Labute approximate surface area is 197 Å². The molecule has 4 atom stereocenters. The molecule has 0 heterocycles. The van der Waals surface area contributed by atoms with E-state index in [1.54, 1.807) is 32.6 Å². The molecule has 0 radical (unpaired) electrons. The predicted molar refractivity (Wildman–Crippen MR) is 125 cm³/mol. The van der Waals surface area contributed by atoms with Gasteiger partial charge in [0.05, 0.1) is 6.61 Å². The maximum atomic E-state index is 13.8. The van der Waals surface area contributed by atoms with Gasteiger partial charge in [-0.05, 0) is 94.7 Å². The Morgan fingerprint density at radius 3 is 2.39 bits per heavy atom. The van der Waals surface area contributed by atoms with Crippen molar-refractivity contribution < 1.29 is 31.5 Å². The quantitative estimate of drug-likeness (QED) is 0.128. The number of ether oxygens (including phenoxy) is 1. The van der Waals surface area contributed by atoms with E-state index in [-0.39, 0.29) is 30.1 Å². The summed E-state index contributed by atoms with van der Waals surface area (Å²) < 4.78 is 65.8. The molecule has 0 aromatic rings. The maximum Gasteiger partial charge on any atom is 0.330 e. The van der Waals surface area contributed by atoms with Crippen LogP contribution in [0.2, 0.25) is 19.6 Å². The van der Waals surface area contributed by atoms with Crippen LogP contribution in [0.4, 0.5) is 17.6 Å². The number of rotatable bonds is 11. The van der Waals surface area contributed by atoms with E-state index in [4.69, 9.17) is 9.16 Å². The van der Waals surface area contributed by atoms with E-state index in [1.165, 1.54) is 0 Å². The SMILES string of the molecule is CCOC(=O)/C=C1\CCC[C@]2(C)[C@@H](C(C)CCCC(O[Si](C)(C)C)(C(F)F)C(F)F)CC[C@@H]12. The van der Waals surface area contributed by atoms with Crippen LogP contribution >= 0.6 is 0 Å². The van der Waals surface area contributed by atoms with Crippen LogP contribution < -0.4 is 0 Å². The molecule has 1 unspecified atom stereocenters. The van der Waals surface area contributed by atoms with Crippen molar-refractivity contribution in [1.82, 2.24) is 0 Å². The van der Waals surface area contributed by atoms with E-state index in [0.29, 0.717) is 24.9 Å². The smallest absolute Gasteiger partial charge is 0.330 e. The summed E-state index contributed by atoms with van der Waals surface area (Å²) in [4.78, 5) is 12.0. The fourth-order valence-corrected chi connectivity index (χ4v) is 7.87. The molecular weight excluding hydrogens is 452 g/mol. The minimum Gasteiger partial charge on any atom is -0.463 e. The number of esters is 1. The molecule has 0 spiro atoms. The second kappa shape index (κ2) is 11.2. The molecule has 2 rings (SSSR count). The molecule has 0 saturated heterocycles. The van der Waals surface area contributed by atoms with Crippen LogP contribution in [0.5, 0.6) is 0 Å². The van der Waals surface area contributed by atoms with Crippen LogP contribution in [0.15, 0.2) is 11.6 Å². The lowest BCUT2D eigenvalue weighted by Crippen LogP contribution is -2.53. The highest BCUT2D eigenvalue weighted by atomic mass is 28.4. The monoisotopic (exact) mass is 494 g/mol. The number of alkyl halides is 4. The molecule has 0 amide bonds. The van der Waals surface area contributed by atoms with Gasteiger partial charge in [-0.1, -0.05) is 25.8 Å². The van der Waals surface area contributed by atoms with Gasteiger partial charge in [0, 0.05) is 6.08 Å². The van der Waals surface area contributed by atoms with Gasteiger partial charge in [-0.15, -0.1) is 0 Å². The fraction of sp³-hybridized carbons (Fsp3) is 0.880. The van der Waals surface area contributed by atoms with Crippen LogP contribution in [0.3, 0.4) is 0 Å². The molecule has 8 heteroatoms. The lowest BCUT2D eigenvalue weighted by Gasteiger charge is -2.44. The zero-order valence-electron chi connectivity index (χ0n) is 21.1. The third-order valence-corrected chi connectivity index (χ3v) is 8.77. The highest BCUT2D eigenvalue weighted by molar-refractivity contribution is 6.69. The zero-order chi connectivity index (χ0) is 25.0. The normalized spacial score (nSPS) is 28.4. The molecule has 33 heavy (non-hydrogen) atoms. The standard InChI is InChI=1S/C25H42F4O3Si/c1-7-31-21(30)16-18-11-9-14-24(3)19(12-13-20(18)24)17(2)10-8-15-25(22(26)27,23(28)29)32-33(4,5)6/h16-17,19-20,22-23H,7-15H2,1-6H3/b18-16+/t17?,19-,20+,24-/m1/s1. The topological polar surface area (TPSA) is 35.5 Å². The second-order valence-corrected chi connectivity index (χ2v) is 15.6. The van der Waals surface area contributed by atoms with Crippen molar-refractivity contribution in [3.05, 3.63) is 11.6 Å². The summed E-state index contributed by atoms with van der Waals surface area (Å²) in [6.07, 6.45) is 0.751. The molecule has 0 aromatic heterocycles. The number of hydrogen-bond acceptors (Lipinski definition) is 3. The number of hydrogen-bond donors (Lipinski definition) is 0. The predicted octanol–water partition coefficient (Wildman–Crippen LogP) is 7.62. The van der Waals surface area contributed by atoms with Gasteiger partial charge in [-0.25, -0.2) is 22.4 Å². The first-order chi connectivity index (χ1) is 15.3. The summed E-state index contributed by atoms with van der Waals surface area (Å²) in [7, 11) is -2.59. The van der Waals surface area contributed by atoms with E-state index in [2.05, 4.69) is 13.8 Å². The van der Waals surface area contributed by atoms with Gasteiger partial charge in [-0.3, -0.25) is 0 Å². The molecule has 2 aliphatic carbocycles. The number of carbonyl (C=O) groups is 1. The van der Waals surface area contributed by atoms with Crippen molar-refractivity contribution in [3.8, 4) is 0 Å². The number of halogens is 4. The fourth-order valence-electron chi connectivity index (χ4n) is 6.45. The number of carbonyl (C=O) groups excluding carboxylic acids is 1. The summed E-state index contributed by atoms with van der Waals surface area (Å²) in [6, 6.07) is 0. The minimum atomic E-state index is -3.22. The molecule has 192 valence electrons. The molecule has 3 nitrogen and oxygen atoms in total. The number of allylic oxidation sites excluding steroid dienone is 1. The first-order valence-corrected chi connectivity index (χ1v) is 15.8. The average molecular weight is 495 g/mol. The largest absolute Gasteiger partial charge is 0.463 e. The van der Waals surface area contributed by atoms with E-state index < -0.39 is 26.8 Å². The molecule has 2 saturated carbocycles. The third kappa shape index (κ3) is 6.62. The summed E-state index contributed by atoms with van der Waals surface area (Å²) in [5.41, 5.74) is -1.48. The van der Waals surface area contributed by atoms with Gasteiger partial charge in [-0.2, -0.15) is 0 Å². The Balaban J connectivity index is 2.08. The van der Waals surface area contributed by atoms with Crippen molar-refractivity contribution in [3.63, 3.8) is 0 Å². The number of fused-ring (bicyclic) bond motifs is 1. The highest BCUT2D eigenvalue weighted by Crippen LogP contribution is 2.60. The molecule has 0 aliphatic heterocycles. The molecule has 0 N–H and O–H groups in total. The second-order valence-electron chi connectivity index (χ2n) is 11.2. The molecule has 2 fully saturated rings. The third-order valence-electron chi connectivity index (χ3n) is 7.78. The Kier molecular flexibility index (Phi) is 9.65. The Bertz CT molecular complexity index is 684. The van der Waals surface area contributed by atoms with E-state index in [9.17, 15) is 22.4 Å². The first-order valence-electron chi connectivity index (χ1n) is 12.4. The van der Waals surface area contributed by atoms with Crippen molar-refractivity contribution in [2.24, 2.45) is 23.2 Å². The van der Waals surface area contributed by atoms with Gasteiger partial charge in [0.2, 0.25) is 0 Å². The van der Waals surface area contributed by atoms with Crippen LogP contribution in [-0.4, -0.2) is 39.3 Å². The van der Waals surface area contributed by atoms with E-state index in [0.717, 1.165) is 37.7 Å². The first kappa shape index (κ1) is 28.3. The van der Waals surface area contributed by atoms with E-state index in [1.807, 2.05) is 0 Å². The maximum absolute atomic E-state index is 13.8. The Hall–Kier alpha value is -0.893. The highest BCUT2D eigenvalue weighted by Gasteiger charge is 2.53. The average Bonchev–Trinajstić information content (AvgIpc) is 3.04. The van der Waals surface area contributed by atoms with Crippen LogP contribution in [0, 0.1) is 23.2 Å². The van der Waals surface area contributed by atoms with Crippen molar-refractivity contribution in [2.75, 3.05) is 6.61 Å². The molecular formula is C25H42F4O3Si. The van der Waals surface area contributed by atoms with Crippen molar-refractivity contribution in [1.29, 1.82) is 0 Å². The van der Waals surface area contributed by atoms with Gasteiger partial charge in [0.15, 0.2) is 13.9 Å². The molecule has 0 aromatic carbocycles. The lowest BCUT2D eigenvalue weighted by atomic mass is 9.60. The lowest BCUT2D eigenvalue weighted by molar-refractivity contribution is -0.169. The van der Waals surface area contributed by atoms with Gasteiger partial charge in [0.1, 0.15) is 0 Å². The van der Waals surface area contributed by atoms with Gasteiger partial charge >= 0.3 is 5.97 Å². The van der Waals surface area contributed by atoms with Gasteiger partial charge < -0.3 is 9.16 Å². The van der Waals surface area contributed by atoms with Crippen LogP contribution in [0.1, 0.15) is 72.1 Å². The van der Waals surface area contributed by atoms with Gasteiger partial charge in [0.25, 0.3) is 12.9 Å². The minimum absolute atomic E-state index is 0.0351.